The molecule has 1 saturated carbocycles. The number of anilines is 1. The summed E-state index contributed by atoms with van der Waals surface area (Å²) in [5.41, 5.74) is 0.270. The Bertz CT molecular complexity index is 1460. The van der Waals surface area contributed by atoms with Crippen LogP contribution in [0.5, 0.6) is 0 Å². The minimum Gasteiger partial charge on any atom is -0.352 e. The smallest absolute Gasteiger partial charge is 0.264 e. The lowest BCUT2D eigenvalue weighted by atomic mass is 9.95. The van der Waals surface area contributed by atoms with Gasteiger partial charge in [-0.3, -0.25) is 13.9 Å². The Morgan fingerprint density at radius 1 is 0.951 bits per heavy atom. The predicted octanol–water partition coefficient (Wildman–Crippen LogP) is 6.19. The fourth-order valence-corrected chi connectivity index (χ4v) is 6.83. The Labute approximate surface area is 250 Å². The van der Waals surface area contributed by atoms with Gasteiger partial charge < -0.3 is 10.2 Å². The van der Waals surface area contributed by atoms with Crippen molar-refractivity contribution in [3.8, 4) is 0 Å². The van der Waals surface area contributed by atoms with Gasteiger partial charge in [-0.1, -0.05) is 78.9 Å². The molecule has 1 aliphatic rings. The molecule has 0 bridgehead atoms. The molecule has 3 aromatic carbocycles. The van der Waals surface area contributed by atoms with Crippen LogP contribution in [0.3, 0.4) is 0 Å². The van der Waals surface area contributed by atoms with Gasteiger partial charge in [0.15, 0.2) is 0 Å². The van der Waals surface area contributed by atoms with E-state index < -0.39 is 34.3 Å². The van der Waals surface area contributed by atoms with E-state index in [1.807, 2.05) is 0 Å². The molecule has 2 amide bonds. The second kappa shape index (κ2) is 13.7. The SMILES string of the molecule is C[C@H](C(=O)NC1CCCCC1)N(Cc1ccccc1F)C(=O)CN(c1cc(Cl)cc(Cl)c1)S(=O)(=O)c1ccccc1. The number of halogens is 3. The number of carbonyl (C=O) groups is 2. The second-order valence-corrected chi connectivity index (χ2v) is 12.8. The number of rotatable bonds is 10. The molecule has 0 spiro atoms. The molecule has 0 unspecified atom stereocenters. The van der Waals surface area contributed by atoms with Crippen LogP contribution in [0.15, 0.2) is 77.7 Å². The van der Waals surface area contributed by atoms with E-state index >= 15 is 0 Å². The highest BCUT2D eigenvalue weighted by Gasteiger charge is 2.33. The third kappa shape index (κ3) is 7.78. The highest BCUT2D eigenvalue weighted by molar-refractivity contribution is 7.92. The molecular formula is C30H32Cl2FN3O4S. The third-order valence-corrected chi connectivity index (χ3v) is 9.39. The first-order chi connectivity index (χ1) is 19.6. The summed E-state index contributed by atoms with van der Waals surface area (Å²) in [6, 6.07) is 16.8. The van der Waals surface area contributed by atoms with Crippen LogP contribution in [-0.4, -0.2) is 43.8 Å². The molecule has 0 aliphatic heterocycles. The Hall–Kier alpha value is -3.14. The van der Waals surface area contributed by atoms with Crippen molar-refractivity contribution in [2.45, 2.75) is 62.6 Å². The van der Waals surface area contributed by atoms with E-state index in [1.165, 1.54) is 53.4 Å². The lowest BCUT2D eigenvalue weighted by Gasteiger charge is -2.33. The maximum atomic E-state index is 14.7. The van der Waals surface area contributed by atoms with Crippen molar-refractivity contribution in [3.63, 3.8) is 0 Å². The number of carbonyl (C=O) groups excluding carboxylic acids is 2. The van der Waals surface area contributed by atoms with E-state index in [4.69, 9.17) is 23.2 Å². The van der Waals surface area contributed by atoms with E-state index in [1.54, 1.807) is 31.2 Å². The number of benzene rings is 3. The highest BCUT2D eigenvalue weighted by atomic mass is 35.5. The summed E-state index contributed by atoms with van der Waals surface area (Å²) in [5, 5.41) is 3.37. The summed E-state index contributed by atoms with van der Waals surface area (Å²) in [5.74, 6) is -1.62. The molecule has 11 heteroatoms. The van der Waals surface area contributed by atoms with Crippen molar-refractivity contribution >= 4 is 50.7 Å². The minimum absolute atomic E-state index is 0.00678. The highest BCUT2D eigenvalue weighted by Crippen LogP contribution is 2.30. The van der Waals surface area contributed by atoms with Gasteiger partial charge in [-0.2, -0.15) is 0 Å². The Balaban J connectivity index is 1.70. The van der Waals surface area contributed by atoms with Crippen LogP contribution in [0.25, 0.3) is 0 Å². The predicted molar refractivity (Wildman–Crippen MR) is 159 cm³/mol. The molecule has 0 saturated heterocycles. The van der Waals surface area contributed by atoms with Crippen LogP contribution in [0.2, 0.25) is 10.0 Å². The van der Waals surface area contributed by atoms with Crippen LogP contribution in [0, 0.1) is 5.82 Å². The standard InChI is InChI=1S/C30H32Cl2FN3O4S/c1-21(30(38)34-25-11-4-2-5-12-25)35(19-22-10-8-9-15-28(22)33)29(37)20-36(26-17-23(31)16-24(32)18-26)41(39,40)27-13-6-3-7-14-27/h3,6-10,13-18,21,25H,2,4-5,11-12,19-20H2,1H3,(H,34,38)/t21-/m1/s1. The Morgan fingerprint density at radius 3 is 2.20 bits per heavy atom. The van der Waals surface area contributed by atoms with Gasteiger partial charge in [-0.25, -0.2) is 12.8 Å². The van der Waals surface area contributed by atoms with Gasteiger partial charge in [0.25, 0.3) is 10.0 Å². The van der Waals surface area contributed by atoms with Crippen LogP contribution < -0.4 is 9.62 Å². The van der Waals surface area contributed by atoms with Crippen molar-refractivity contribution in [1.29, 1.82) is 0 Å². The minimum atomic E-state index is -4.27. The molecular weight excluding hydrogens is 588 g/mol. The zero-order valence-corrected chi connectivity index (χ0v) is 24.9. The third-order valence-electron chi connectivity index (χ3n) is 7.16. The molecule has 1 fully saturated rings. The number of nitrogens with zero attached hydrogens (tertiary/aromatic N) is 2. The molecule has 3 aromatic rings. The van der Waals surface area contributed by atoms with Crippen molar-refractivity contribution < 1.29 is 22.4 Å². The fourth-order valence-electron chi connectivity index (χ4n) is 4.89. The zero-order chi connectivity index (χ0) is 29.6. The summed E-state index contributed by atoms with van der Waals surface area (Å²) in [6.07, 6.45) is 4.81. The monoisotopic (exact) mass is 619 g/mol. The van der Waals surface area contributed by atoms with Gasteiger partial charge in [0, 0.05) is 28.2 Å². The number of hydrogen-bond acceptors (Lipinski definition) is 4. The van der Waals surface area contributed by atoms with E-state index in [0.29, 0.717) is 0 Å². The number of sulfonamides is 1. The van der Waals surface area contributed by atoms with Gasteiger partial charge in [0.2, 0.25) is 11.8 Å². The number of amides is 2. The largest absolute Gasteiger partial charge is 0.352 e. The molecule has 0 heterocycles. The number of nitrogens with one attached hydrogen (secondary N) is 1. The topological polar surface area (TPSA) is 86.8 Å². The first kappa shape index (κ1) is 30.8. The average Bonchev–Trinajstić information content (AvgIpc) is 2.95. The molecule has 4 rings (SSSR count). The van der Waals surface area contributed by atoms with Gasteiger partial charge in [-0.15, -0.1) is 0 Å². The first-order valence-electron chi connectivity index (χ1n) is 13.4. The van der Waals surface area contributed by atoms with Gasteiger partial charge in [-0.05, 0) is 56.2 Å². The molecule has 1 aliphatic carbocycles. The van der Waals surface area contributed by atoms with Crippen molar-refractivity contribution in [1.82, 2.24) is 10.2 Å². The maximum absolute atomic E-state index is 14.7. The van der Waals surface area contributed by atoms with Crippen molar-refractivity contribution in [2.75, 3.05) is 10.8 Å². The van der Waals surface area contributed by atoms with Crippen molar-refractivity contribution in [2.24, 2.45) is 0 Å². The molecule has 1 N–H and O–H groups in total. The lowest BCUT2D eigenvalue weighted by molar-refractivity contribution is -0.139. The second-order valence-electron chi connectivity index (χ2n) is 10.1. The number of hydrogen-bond donors (Lipinski definition) is 1. The van der Waals surface area contributed by atoms with E-state index in [0.717, 1.165) is 36.4 Å². The summed E-state index contributed by atoms with van der Waals surface area (Å²) in [6.45, 7) is 0.646. The van der Waals surface area contributed by atoms with E-state index in [9.17, 15) is 22.4 Å². The molecule has 41 heavy (non-hydrogen) atoms. The molecule has 7 nitrogen and oxygen atoms in total. The normalized spacial score (nSPS) is 14.7. The van der Waals surface area contributed by atoms with E-state index in [-0.39, 0.29) is 44.7 Å². The van der Waals surface area contributed by atoms with Crippen LogP contribution in [-0.2, 0) is 26.2 Å². The Kier molecular flexibility index (Phi) is 10.3. The van der Waals surface area contributed by atoms with Crippen LogP contribution in [0.4, 0.5) is 10.1 Å². The van der Waals surface area contributed by atoms with Gasteiger partial charge >= 0.3 is 0 Å². The molecule has 218 valence electrons. The van der Waals surface area contributed by atoms with Crippen LogP contribution >= 0.6 is 23.2 Å². The lowest BCUT2D eigenvalue weighted by Crippen LogP contribution is -2.53. The maximum Gasteiger partial charge on any atom is 0.264 e. The summed E-state index contributed by atoms with van der Waals surface area (Å²) in [7, 11) is -4.27. The quantitative estimate of drug-likeness (QED) is 0.293. The summed E-state index contributed by atoms with van der Waals surface area (Å²) < 4.78 is 43.3. The molecule has 0 aromatic heterocycles. The van der Waals surface area contributed by atoms with Gasteiger partial charge in [0.1, 0.15) is 18.4 Å². The van der Waals surface area contributed by atoms with E-state index in [2.05, 4.69) is 5.32 Å². The average molecular weight is 621 g/mol. The summed E-state index contributed by atoms with van der Waals surface area (Å²) in [4.78, 5) is 28.5. The first-order valence-corrected chi connectivity index (χ1v) is 15.6. The fraction of sp³-hybridized carbons (Fsp3) is 0.333. The summed E-state index contributed by atoms with van der Waals surface area (Å²) >= 11 is 12.4. The Morgan fingerprint density at radius 2 is 1.56 bits per heavy atom. The zero-order valence-electron chi connectivity index (χ0n) is 22.6. The van der Waals surface area contributed by atoms with Crippen molar-refractivity contribution in [3.05, 3.63) is 94.2 Å². The molecule has 0 radical (unpaired) electrons. The van der Waals surface area contributed by atoms with Crippen LogP contribution in [0.1, 0.15) is 44.6 Å². The van der Waals surface area contributed by atoms with Gasteiger partial charge in [0.05, 0.1) is 10.6 Å². The molecule has 1 atom stereocenters.